The molecule has 7 heteroatoms. The zero-order chi connectivity index (χ0) is 26.6. The second kappa shape index (κ2) is 14.1. The van der Waals surface area contributed by atoms with E-state index in [1.165, 1.54) is 11.1 Å². The molecule has 0 aliphatic carbocycles. The molecule has 198 valence electrons. The second-order valence-corrected chi connectivity index (χ2v) is 9.17. The maximum Gasteiger partial charge on any atom is 0.271 e. The number of nitrogens with one attached hydrogen (secondary N) is 1. The van der Waals surface area contributed by atoms with E-state index in [1.807, 2.05) is 49.4 Å². The molecular weight excluding hydrogens is 476 g/mol. The Morgan fingerprint density at radius 2 is 1.55 bits per heavy atom. The smallest absolute Gasteiger partial charge is 0.271 e. The second-order valence-electron chi connectivity index (χ2n) is 9.17. The number of carbonyl (C=O) groups excluding carboxylic acids is 1. The van der Waals surface area contributed by atoms with Crippen LogP contribution in [-0.4, -0.2) is 61.3 Å². The van der Waals surface area contributed by atoms with Crippen LogP contribution in [0.5, 0.6) is 11.5 Å². The lowest BCUT2D eigenvalue weighted by atomic mass is 10.1. The van der Waals surface area contributed by atoms with Gasteiger partial charge in [-0.15, -0.1) is 0 Å². The molecule has 0 unspecified atom stereocenters. The highest BCUT2D eigenvalue weighted by molar-refractivity contribution is 5.95. The first kappa shape index (κ1) is 27.1. The summed E-state index contributed by atoms with van der Waals surface area (Å²) in [6.07, 6.45) is 3.27. The van der Waals surface area contributed by atoms with Gasteiger partial charge in [-0.3, -0.25) is 14.6 Å². The Balaban J connectivity index is 1.24. The van der Waals surface area contributed by atoms with E-state index in [2.05, 4.69) is 57.2 Å². The Kier molecular flexibility index (Phi) is 10.1. The summed E-state index contributed by atoms with van der Waals surface area (Å²) in [7, 11) is 0. The van der Waals surface area contributed by atoms with E-state index in [0.29, 0.717) is 30.3 Å². The molecule has 0 bridgehead atoms. The van der Waals surface area contributed by atoms with Crippen LogP contribution in [0.25, 0.3) is 0 Å². The fraction of sp³-hybridized carbons (Fsp3) is 0.290. The molecule has 1 fully saturated rings. The summed E-state index contributed by atoms with van der Waals surface area (Å²) in [5.41, 5.74) is 6.52. The molecule has 0 radical (unpaired) electrons. The van der Waals surface area contributed by atoms with Gasteiger partial charge >= 0.3 is 0 Å². The SMILES string of the molecule is C=CCOc1ccc(/C=N\NC(=O)c2ccc(CN3CCN(Cc4ccccc4)CC3)cc2)cc1OCC. The first-order valence-corrected chi connectivity index (χ1v) is 13.1. The van der Waals surface area contributed by atoms with Crippen LogP contribution in [0.3, 0.4) is 0 Å². The summed E-state index contributed by atoms with van der Waals surface area (Å²) < 4.78 is 11.3. The number of ether oxygens (including phenoxy) is 2. The van der Waals surface area contributed by atoms with E-state index >= 15 is 0 Å². The fourth-order valence-corrected chi connectivity index (χ4v) is 4.34. The van der Waals surface area contributed by atoms with E-state index < -0.39 is 0 Å². The molecule has 38 heavy (non-hydrogen) atoms. The van der Waals surface area contributed by atoms with E-state index in [0.717, 1.165) is 44.8 Å². The number of rotatable bonds is 12. The number of nitrogens with zero attached hydrogens (tertiary/aromatic N) is 3. The van der Waals surface area contributed by atoms with Crippen LogP contribution in [0.1, 0.15) is 34.0 Å². The molecular formula is C31H36N4O3. The van der Waals surface area contributed by atoms with Gasteiger partial charge in [0.1, 0.15) is 6.61 Å². The van der Waals surface area contributed by atoms with Gasteiger partial charge in [-0.2, -0.15) is 5.10 Å². The molecule has 3 aromatic rings. The predicted molar refractivity (Wildman–Crippen MR) is 152 cm³/mol. The topological polar surface area (TPSA) is 66.4 Å². The van der Waals surface area contributed by atoms with Crippen molar-refractivity contribution < 1.29 is 14.3 Å². The van der Waals surface area contributed by atoms with Gasteiger partial charge in [0, 0.05) is 44.8 Å². The quantitative estimate of drug-likeness (QED) is 0.216. The monoisotopic (exact) mass is 512 g/mol. The summed E-state index contributed by atoms with van der Waals surface area (Å²) in [5.74, 6) is 1.01. The average Bonchev–Trinajstić information content (AvgIpc) is 2.95. The van der Waals surface area contributed by atoms with E-state index in [-0.39, 0.29) is 5.91 Å². The van der Waals surface area contributed by atoms with Crippen molar-refractivity contribution in [2.75, 3.05) is 39.4 Å². The molecule has 3 aromatic carbocycles. The molecule has 1 aliphatic rings. The van der Waals surface area contributed by atoms with Crippen molar-refractivity contribution in [1.29, 1.82) is 0 Å². The lowest BCUT2D eigenvalue weighted by molar-refractivity contribution is 0.0955. The number of carbonyl (C=O) groups is 1. The molecule has 0 aromatic heterocycles. The number of piperazine rings is 1. The summed E-state index contributed by atoms with van der Waals surface area (Å²) in [6, 6.07) is 23.9. The minimum absolute atomic E-state index is 0.252. The Morgan fingerprint density at radius 1 is 0.895 bits per heavy atom. The average molecular weight is 513 g/mol. The van der Waals surface area contributed by atoms with Gasteiger partial charge in [-0.05, 0) is 53.9 Å². The maximum absolute atomic E-state index is 12.6. The minimum atomic E-state index is -0.252. The Labute approximate surface area is 225 Å². The van der Waals surface area contributed by atoms with Crippen LogP contribution < -0.4 is 14.9 Å². The minimum Gasteiger partial charge on any atom is -0.490 e. The largest absolute Gasteiger partial charge is 0.490 e. The maximum atomic E-state index is 12.6. The first-order chi connectivity index (χ1) is 18.6. The molecule has 4 rings (SSSR count). The lowest BCUT2D eigenvalue weighted by Gasteiger charge is -2.34. The van der Waals surface area contributed by atoms with Gasteiger partial charge in [0.15, 0.2) is 11.5 Å². The number of benzene rings is 3. The van der Waals surface area contributed by atoms with Gasteiger partial charge in [0.2, 0.25) is 0 Å². The molecule has 1 saturated heterocycles. The van der Waals surface area contributed by atoms with Gasteiger partial charge in [-0.1, -0.05) is 55.1 Å². The van der Waals surface area contributed by atoms with Crippen LogP contribution in [0.2, 0.25) is 0 Å². The molecule has 0 saturated carbocycles. The zero-order valence-electron chi connectivity index (χ0n) is 22.0. The molecule has 0 spiro atoms. The van der Waals surface area contributed by atoms with Gasteiger partial charge in [-0.25, -0.2) is 5.43 Å². The van der Waals surface area contributed by atoms with Crippen LogP contribution in [0.15, 0.2) is 90.6 Å². The Morgan fingerprint density at radius 3 is 2.18 bits per heavy atom. The van der Waals surface area contributed by atoms with E-state index in [9.17, 15) is 4.79 Å². The van der Waals surface area contributed by atoms with Crippen LogP contribution in [0.4, 0.5) is 0 Å². The fourth-order valence-electron chi connectivity index (χ4n) is 4.34. The lowest BCUT2D eigenvalue weighted by Crippen LogP contribution is -2.45. The zero-order valence-corrected chi connectivity index (χ0v) is 22.0. The number of hydrogen-bond donors (Lipinski definition) is 1. The summed E-state index contributed by atoms with van der Waals surface area (Å²) in [4.78, 5) is 17.5. The third-order valence-electron chi connectivity index (χ3n) is 6.34. The van der Waals surface area contributed by atoms with E-state index in [4.69, 9.17) is 9.47 Å². The summed E-state index contributed by atoms with van der Waals surface area (Å²) >= 11 is 0. The van der Waals surface area contributed by atoms with Crippen LogP contribution in [0, 0.1) is 0 Å². The third-order valence-corrected chi connectivity index (χ3v) is 6.34. The standard InChI is InChI=1S/C31H36N4O3/c1-3-20-38-29-15-12-27(21-30(29)37-4-2)22-32-33-31(36)28-13-10-26(11-14-28)24-35-18-16-34(17-19-35)23-25-8-6-5-7-9-25/h3,5-15,21-22H,1,4,16-20,23-24H2,2H3,(H,33,36)/b32-22-. The van der Waals surface area contributed by atoms with Gasteiger partial charge in [0.05, 0.1) is 12.8 Å². The van der Waals surface area contributed by atoms with Crippen molar-refractivity contribution in [1.82, 2.24) is 15.2 Å². The summed E-state index contributed by atoms with van der Waals surface area (Å²) in [5, 5.41) is 4.11. The van der Waals surface area contributed by atoms with Crippen molar-refractivity contribution in [2.45, 2.75) is 20.0 Å². The van der Waals surface area contributed by atoms with Gasteiger partial charge in [0.25, 0.3) is 5.91 Å². The van der Waals surface area contributed by atoms with Crippen LogP contribution >= 0.6 is 0 Å². The van der Waals surface area contributed by atoms with Crippen LogP contribution in [-0.2, 0) is 13.1 Å². The number of amides is 1. The highest BCUT2D eigenvalue weighted by Crippen LogP contribution is 2.28. The molecule has 1 heterocycles. The highest BCUT2D eigenvalue weighted by atomic mass is 16.5. The molecule has 1 amide bonds. The van der Waals surface area contributed by atoms with Gasteiger partial charge < -0.3 is 9.47 Å². The summed E-state index contributed by atoms with van der Waals surface area (Å²) in [6.45, 7) is 12.6. The Hall–Kier alpha value is -3.94. The molecule has 1 N–H and O–H groups in total. The normalized spacial score (nSPS) is 14.3. The third kappa shape index (κ3) is 8.03. The van der Waals surface area contributed by atoms with Crippen molar-refractivity contribution >= 4 is 12.1 Å². The molecule has 1 aliphatic heterocycles. The van der Waals surface area contributed by atoms with Crippen molar-refractivity contribution in [3.8, 4) is 11.5 Å². The predicted octanol–water partition coefficient (Wildman–Crippen LogP) is 4.73. The molecule has 0 atom stereocenters. The first-order valence-electron chi connectivity index (χ1n) is 13.1. The van der Waals surface area contributed by atoms with E-state index in [1.54, 1.807) is 12.3 Å². The molecule has 7 nitrogen and oxygen atoms in total. The Bertz CT molecular complexity index is 1200. The van der Waals surface area contributed by atoms with Crippen molar-refractivity contribution in [3.63, 3.8) is 0 Å². The van der Waals surface area contributed by atoms with Crippen molar-refractivity contribution in [2.24, 2.45) is 5.10 Å². The highest BCUT2D eigenvalue weighted by Gasteiger charge is 2.17. The van der Waals surface area contributed by atoms with Crippen molar-refractivity contribution in [3.05, 3.63) is 108 Å². The number of hydrazone groups is 1. The number of hydrogen-bond acceptors (Lipinski definition) is 6.